The van der Waals surface area contributed by atoms with Gasteiger partial charge in [0.15, 0.2) is 11.4 Å². The first-order chi connectivity index (χ1) is 23.3. The number of carboxylic acid groups (broad SMARTS) is 1. The van der Waals surface area contributed by atoms with Crippen molar-refractivity contribution in [2.75, 3.05) is 33.3 Å². The zero-order valence-corrected chi connectivity index (χ0v) is 32.3. The third-order valence-corrected chi connectivity index (χ3v) is 11.8. The van der Waals surface area contributed by atoms with Gasteiger partial charge in [-0.2, -0.15) is 0 Å². The number of carbonyl (C=O) groups is 2. The highest BCUT2D eigenvalue weighted by molar-refractivity contribution is 6.76. The summed E-state index contributed by atoms with van der Waals surface area (Å²) in [6, 6.07) is 30.0. The summed E-state index contributed by atoms with van der Waals surface area (Å²) in [7, 11) is -2.69. The van der Waals surface area contributed by atoms with Crippen LogP contribution in [0.1, 0.15) is 27.9 Å². The van der Waals surface area contributed by atoms with Gasteiger partial charge in [0.2, 0.25) is 0 Å². The Kier molecular flexibility index (Phi) is 16.5. The van der Waals surface area contributed by atoms with E-state index in [1.807, 2.05) is 78.9 Å². The lowest BCUT2D eigenvalue weighted by atomic mass is 9.85. The molecule has 8 nitrogen and oxygen atoms in total. The van der Waals surface area contributed by atoms with Crippen LogP contribution in [0.3, 0.4) is 0 Å². The average molecular weight is 708 g/mol. The monoisotopic (exact) mass is 707 g/mol. The third-order valence-electron chi connectivity index (χ3n) is 8.40. The summed E-state index contributed by atoms with van der Waals surface area (Å²) in [5.74, 6) is -1.16. The number of Topliss-reactive ketones (excluding diaryl/α,β-unsaturated/α-hetero) is 1. The van der Waals surface area contributed by atoms with Crippen molar-refractivity contribution in [2.45, 2.75) is 88.4 Å². The highest BCUT2D eigenvalue weighted by atomic mass is 28.3. The van der Waals surface area contributed by atoms with Gasteiger partial charge in [-0.1, -0.05) is 130 Å². The molecule has 0 saturated carbocycles. The zero-order chi connectivity index (χ0) is 35.8. The van der Waals surface area contributed by atoms with E-state index in [2.05, 4.69) is 44.6 Å². The maximum absolute atomic E-state index is 13.4. The number of hydrogen-bond acceptors (Lipinski definition) is 7. The number of rotatable bonds is 24. The van der Waals surface area contributed by atoms with Crippen molar-refractivity contribution in [3.8, 4) is 0 Å². The number of benzene rings is 3. The van der Waals surface area contributed by atoms with Gasteiger partial charge in [0.05, 0.1) is 12.6 Å². The van der Waals surface area contributed by atoms with E-state index in [1.54, 1.807) is 12.1 Å². The van der Waals surface area contributed by atoms with Gasteiger partial charge in [0, 0.05) is 53.8 Å². The maximum atomic E-state index is 13.4. The predicted octanol–water partition coefficient (Wildman–Crippen LogP) is 7.55. The van der Waals surface area contributed by atoms with E-state index in [0.717, 1.165) is 23.2 Å². The number of aliphatic carboxylic acids is 1. The lowest BCUT2D eigenvalue weighted by molar-refractivity contribution is -0.197. The van der Waals surface area contributed by atoms with Crippen LogP contribution in [0.4, 0.5) is 0 Å². The number of carboxylic acids is 1. The molecule has 3 atom stereocenters. The molecule has 0 heterocycles. The van der Waals surface area contributed by atoms with Gasteiger partial charge in [-0.3, -0.25) is 4.79 Å². The van der Waals surface area contributed by atoms with Gasteiger partial charge in [0.25, 0.3) is 0 Å². The molecular formula is C39H57NO7Si2. The van der Waals surface area contributed by atoms with Crippen LogP contribution in [-0.4, -0.2) is 84.1 Å². The molecule has 3 rings (SSSR count). The van der Waals surface area contributed by atoms with Crippen LogP contribution < -0.4 is 5.32 Å². The number of hydrogen-bond donors (Lipinski definition) is 2. The highest BCUT2D eigenvalue weighted by Crippen LogP contribution is 2.29. The Morgan fingerprint density at radius 1 is 0.735 bits per heavy atom. The fourth-order valence-electron chi connectivity index (χ4n) is 5.29. The molecule has 0 aromatic heterocycles. The second kappa shape index (κ2) is 20.0. The second-order valence-corrected chi connectivity index (χ2v) is 26.4. The molecule has 0 fully saturated rings. The molecule has 0 amide bonds. The summed E-state index contributed by atoms with van der Waals surface area (Å²) < 4.78 is 24.7. The lowest BCUT2D eigenvalue weighted by Crippen LogP contribution is -2.53. The minimum absolute atomic E-state index is 0.00395. The van der Waals surface area contributed by atoms with Crippen LogP contribution in [0.5, 0.6) is 0 Å². The van der Waals surface area contributed by atoms with Crippen molar-refractivity contribution in [1.82, 2.24) is 5.32 Å². The Labute approximate surface area is 295 Å². The van der Waals surface area contributed by atoms with Crippen LogP contribution in [-0.2, 0) is 36.6 Å². The first-order valence-electron chi connectivity index (χ1n) is 17.3. The van der Waals surface area contributed by atoms with Crippen LogP contribution in [0.2, 0.25) is 51.4 Å². The minimum atomic E-state index is -1.68. The molecule has 0 saturated heterocycles. The Balaban J connectivity index is 1.95. The van der Waals surface area contributed by atoms with Gasteiger partial charge in [-0.15, -0.1) is 0 Å². The van der Waals surface area contributed by atoms with Gasteiger partial charge in [-0.05, 0) is 29.6 Å². The van der Waals surface area contributed by atoms with Crippen LogP contribution >= 0.6 is 0 Å². The summed E-state index contributed by atoms with van der Waals surface area (Å²) in [6.07, 6.45) is -0.0955. The van der Waals surface area contributed by atoms with E-state index >= 15 is 0 Å². The quantitative estimate of drug-likeness (QED) is 0.0426. The Morgan fingerprint density at radius 2 is 1.24 bits per heavy atom. The van der Waals surface area contributed by atoms with Crippen molar-refractivity contribution >= 4 is 27.9 Å². The van der Waals surface area contributed by atoms with E-state index < -0.39 is 39.9 Å². The smallest absolute Gasteiger partial charge is 0.336 e. The van der Waals surface area contributed by atoms with Gasteiger partial charge in [0.1, 0.15) is 13.6 Å². The topological polar surface area (TPSA) is 103 Å². The van der Waals surface area contributed by atoms with Crippen molar-refractivity contribution in [3.05, 3.63) is 108 Å². The van der Waals surface area contributed by atoms with E-state index in [1.165, 1.54) is 0 Å². The van der Waals surface area contributed by atoms with Crippen LogP contribution in [0, 0.1) is 0 Å². The predicted molar refractivity (Wildman–Crippen MR) is 202 cm³/mol. The van der Waals surface area contributed by atoms with Crippen molar-refractivity contribution in [2.24, 2.45) is 0 Å². The van der Waals surface area contributed by atoms with Crippen LogP contribution in [0.25, 0.3) is 0 Å². The molecule has 0 aliphatic rings. The molecule has 2 N–H and O–H groups in total. The molecule has 268 valence electrons. The van der Waals surface area contributed by atoms with Crippen molar-refractivity contribution in [3.63, 3.8) is 0 Å². The zero-order valence-electron chi connectivity index (χ0n) is 30.3. The SMILES string of the molecule is C[Si](C)(C)CCOCOC(CC(Cc1ccccc1)(OCOCC[Si](C)(C)C)C(=O)O)[C@H](Cc1ccccc1)NCC(=O)c1ccccc1. The largest absolute Gasteiger partial charge is 0.479 e. The fraction of sp³-hybridized carbons (Fsp3) is 0.487. The van der Waals surface area contributed by atoms with Gasteiger partial charge in [-0.25, -0.2) is 4.79 Å². The lowest BCUT2D eigenvalue weighted by Gasteiger charge is -2.36. The third kappa shape index (κ3) is 15.6. The molecule has 0 radical (unpaired) electrons. The number of ketones is 1. The number of ether oxygens (including phenoxy) is 4. The Bertz CT molecular complexity index is 1380. The first kappa shape index (κ1) is 40.5. The second-order valence-electron chi connectivity index (χ2n) is 15.2. The number of nitrogens with one attached hydrogen (secondary N) is 1. The van der Waals surface area contributed by atoms with E-state index in [0.29, 0.717) is 25.2 Å². The Hall–Kier alpha value is -2.97. The average Bonchev–Trinajstić information content (AvgIpc) is 3.05. The summed E-state index contributed by atoms with van der Waals surface area (Å²) in [5, 5.41) is 14.4. The van der Waals surface area contributed by atoms with Gasteiger partial charge >= 0.3 is 5.97 Å². The number of carbonyl (C=O) groups excluding carboxylic acids is 1. The van der Waals surface area contributed by atoms with Gasteiger partial charge < -0.3 is 29.4 Å². The maximum Gasteiger partial charge on any atom is 0.336 e. The molecule has 10 heteroatoms. The molecule has 3 aromatic rings. The standard InChI is InChI=1S/C39H57NO7Si2/c1-48(2,3)24-22-44-30-46-37(35(26-32-16-10-7-11-17-32)40-29-36(41)34-20-14-9-15-21-34)28-39(38(42)43,27-33-18-12-8-13-19-33)47-31-45-23-25-49(4,5)6/h7-21,35,37,40H,22-31H2,1-6H3,(H,42,43)/t35-,37?,39?/m0/s1. The molecule has 0 bridgehead atoms. The van der Waals surface area contributed by atoms with Crippen molar-refractivity contribution < 1.29 is 33.6 Å². The molecule has 0 aliphatic heterocycles. The summed E-state index contributed by atoms with van der Waals surface area (Å²) in [5.41, 5.74) is 0.774. The molecule has 2 unspecified atom stereocenters. The fourth-order valence-corrected chi connectivity index (χ4v) is 6.81. The first-order valence-corrected chi connectivity index (χ1v) is 24.7. The molecular weight excluding hydrogens is 651 g/mol. The molecule has 0 spiro atoms. The molecule has 49 heavy (non-hydrogen) atoms. The van der Waals surface area contributed by atoms with E-state index in [4.69, 9.17) is 18.9 Å². The van der Waals surface area contributed by atoms with E-state index in [9.17, 15) is 14.7 Å². The summed E-state index contributed by atoms with van der Waals surface area (Å²) >= 11 is 0. The normalized spacial score (nSPS) is 14.6. The Morgan fingerprint density at radius 3 is 1.78 bits per heavy atom. The highest BCUT2D eigenvalue weighted by Gasteiger charge is 2.44. The van der Waals surface area contributed by atoms with Crippen molar-refractivity contribution in [1.29, 1.82) is 0 Å². The molecule has 0 aliphatic carbocycles. The van der Waals surface area contributed by atoms with Crippen LogP contribution in [0.15, 0.2) is 91.0 Å². The molecule has 3 aromatic carbocycles. The summed E-state index contributed by atoms with van der Waals surface area (Å²) in [4.78, 5) is 26.6. The van der Waals surface area contributed by atoms with E-state index in [-0.39, 0.29) is 38.8 Å². The minimum Gasteiger partial charge on any atom is -0.479 e. The summed E-state index contributed by atoms with van der Waals surface area (Å²) in [6.45, 7) is 14.6.